The van der Waals surface area contributed by atoms with Gasteiger partial charge in [0.2, 0.25) is 0 Å². The van der Waals surface area contributed by atoms with E-state index in [4.69, 9.17) is 0 Å². The zero-order valence-corrected chi connectivity index (χ0v) is 14.9. The lowest BCUT2D eigenvalue weighted by Crippen LogP contribution is -2.16. The molecule has 0 unspecified atom stereocenters. The average molecular weight is 344 g/mol. The standard InChI is InChI=1S/C22H24N4/c1-2-6-16(7-3-1)17-10-12-18(13-11-17)22-25-24-21-15-23-14-19-8-4-5-9-20(19)26(21)22/h1-9,17-18,23H,10-15H2. The zero-order valence-electron chi connectivity index (χ0n) is 14.9. The summed E-state index contributed by atoms with van der Waals surface area (Å²) in [6, 6.07) is 19.6. The van der Waals surface area contributed by atoms with Gasteiger partial charge in [-0.3, -0.25) is 4.57 Å². The van der Waals surface area contributed by atoms with E-state index in [1.54, 1.807) is 0 Å². The predicted molar refractivity (Wildman–Crippen MR) is 102 cm³/mol. The highest BCUT2D eigenvalue weighted by atomic mass is 15.3. The van der Waals surface area contributed by atoms with Crippen molar-refractivity contribution in [2.45, 2.75) is 50.6 Å². The summed E-state index contributed by atoms with van der Waals surface area (Å²) in [5.74, 6) is 3.38. The second-order valence-corrected chi connectivity index (χ2v) is 7.50. The van der Waals surface area contributed by atoms with Crippen LogP contribution in [0.1, 0.15) is 60.3 Å². The van der Waals surface area contributed by atoms with Crippen LogP contribution in [0.15, 0.2) is 54.6 Å². The maximum absolute atomic E-state index is 4.63. The molecule has 0 bridgehead atoms. The molecule has 1 aliphatic carbocycles. The Bertz CT molecular complexity index is 892. The Morgan fingerprint density at radius 2 is 1.50 bits per heavy atom. The van der Waals surface area contributed by atoms with E-state index < -0.39 is 0 Å². The molecule has 2 aromatic carbocycles. The van der Waals surface area contributed by atoms with Crippen LogP contribution in [0.4, 0.5) is 0 Å². The Morgan fingerprint density at radius 3 is 2.35 bits per heavy atom. The van der Waals surface area contributed by atoms with Crippen molar-refractivity contribution in [3.05, 3.63) is 77.4 Å². The van der Waals surface area contributed by atoms with E-state index in [0.29, 0.717) is 11.8 Å². The van der Waals surface area contributed by atoms with Crippen LogP contribution in [0, 0.1) is 0 Å². The summed E-state index contributed by atoms with van der Waals surface area (Å²) < 4.78 is 2.32. The van der Waals surface area contributed by atoms with Gasteiger partial charge in [0.1, 0.15) is 5.82 Å². The molecule has 1 fully saturated rings. The van der Waals surface area contributed by atoms with Crippen molar-refractivity contribution in [1.29, 1.82) is 0 Å². The van der Waals surface area contributed by atoms with Gasteiger partial charge >= 0.3 is 0 Å². The molecule has 1 saturated carbocycles. The SMILES string of the molecule is c1ccc(C2CCC(c3nnc4n3-c3ccccc3CNC4)CC2)cc1. The second-order valence-electron chi connectivity index (χ2n) is 7.50. The van der Waals surface area contributed by atoms with E-state index in [-0.39, 0.29) is 0 Å². The van der Waals surface area contributed by atoms with Gasteiger partial charge in [-0.25, -0.2) is 0 Å². The third-order valence-corrected chi connectivity index (χ3v) is 5.95. The second kappa shape index (κ2) is 6.69. The predicted octanol–water partition coefficient (Wildman–Crippen LogP) is 4.31. The van der Waals surface area contributed by atoms with E-state index in [1.165, 1.54) is 42.5 Å². The minimum absolute atomic E-state index is 0.502. The molecule has 2 heterocycles. The third kappa shape index (κ3) is 2.74. The fourth-order valence-electron chi connectivity index (χ4n) is 4.57. The van der Waals surface area contributed by atoms with Gasteiger partial charge in [0.15, 0.2) is 5.82 Å². The highest BCUT2D eigenvalue weighted by Crippen LogP contribution is 2.40. The van der Waals surface area contributed by atoms with Gasteiger partial charge < -0.3 is 5.32 Å². The Labute approximate surface area is 154 Å². The summed E-state index contributed by atoms with van der Waals surface area (Å²) in [5.41, 5.74) is 4.06. The van der Waals surface area contributed by atoms with Crippen molar-refractivity contribution in [1.82, 2.24) is 20.1 Å². The van der Waals surface area contributed by atoms with Crippen LogP contribution in [0.5, 0.6) is 0 Å². The third-order valence-electron chi connectivity index (χ3n) is 5.95. The molecule has 5 rings (SSSR count). The van der Waals surface area contributed by atoms with Gasteiger partial charge in [-0.15, -0.1) is 10.2 Å². The number of hydrogen-bond acceptors (Lipinski definition) is 3. The first-order valence-electron chi connectivity index (χ1n) is 9.68. The van der Waals surface area contributed by atoms with Crippen molar-refractivity contribution >= 4 is 0 Å². The summed E-state index contributed by atoms with van der Waals surface area (Å²) in [5, 5.41) is 12.6. The molecule has 4 heteroatoms. The number of nitrogens with one attached hydrogen (secondary N) is 1. The van der Waals surface area contributed by atoms with Crippen molar-refractivity contribution < 1.29 is 0 Å². The lowest BCUT2D eigenvalue weighted by molar-refractivity contribution is 0.382. The first-order chi connectivity index (χ1) is 12.9. The van der Waals surface area contributed by atoms with Crippen LogP contribution < -0.4 is 5.32 Å². The largest absolute Gasteiger partial charge is 0.306 e. The summed E-state index contributed by atoms with van der Waals surface area (Å²) in [6.07, 6.45) is 4.84. The normalized spacial score (nSPS) is 22.3. The van der Waals surface area contributed by atoms with Gasteiger partial charge in [-0.1, -0.05) is 48.5 Å². The monoisotopic (exact) mass is 344 g/mol. The molecule has 4 nitrogen and oxygen atoms in total. The maximum atomic E-state index is 4.63. The molecular formula is C22H24N4. The van der Waals surface area contributed by atoms with Gasteiger partial charge in [0, 0.05) is 12.5 Å². The molecule has 0 radical (unpaired) electrons. The number of benzene rings is 2. The Hall–Kier alpha value is -2.46. The van der Waals surface area contributed by atoms with Gasteiger partial charge in [0.05, 0.1) is 12.2 Å². The first-order valence-corrected chi connectivity index (χ1v) is 9.68. The van der Waals surface area contributed by atoms with Crippen molar-refractivity contribution in [3.63, 3.8) is 0 Å². The molecule has 0 atom stereocenters. The summed E-state index contributed by atoms with van der Waals surface area (Å²) in [4.78, 5) is 0. The number of para-hydroxylation sites is 1. The fraction of sp³-hybridized carbons (Fsp3) is 0.364. The van der Waals surface area contributed by atoms with Gasteiger partial charge in [0.25, 0.3) is 0 Å². The molecule has 1 N–H and O–H groups in total. The highest BCUT2D eigenvalue weighted by molar-refractivity contribution is 5.44. The Morgan fingerprint density at radius 1 is 0.769 bits per heavy atom. The molecule has 0 saturated heterocycles. The Kier molecular flexibility index (Phi) is 4.06. The summed E-state index contributed by atoms with van der Waals surface area (Å²) in [6.45, 7) is 1.67. The first kappa shape index (κ1) is 15.8. The van der Waals surface area contributed by atoms with Crippen molar-refractivity contribution in [2.75, 3.05) is 0 Å². The van der Waals surface area contributed by atoms with E-state index in [2.05, 4.69) is 74.7 Å². The minimum atomic E-state index is 0.502. The van der Waals surface area contributed by atoms with Crippen LogP contribution in [-0.4, -0.2) is 14.8 Å². The average Bonchev–Trinajstić information content (AvgIpc) is 3.04. The Balaban J connectivity index is 1.43. The number of aromatic nitrogens is 3. The molecule has 0 spiro atoms. The van der Waals surface area contributed by atoms with Crippen molar-refractivity contribution in [2.24, 2.45) is 0 Å². The fourth-order valence-corrected chi connectivity index (χ4v) is 4.57. The van der Waals surface area contributed by atoms with Crippen LogP contribution in [0.3, 0.4) is 0 Å². The molecule has 0 amide bonds. The topological polar surface area (TPSA) is 42.7 Å². The van der Waals surface area contributed by atoms with Crippen LogP contribution in [-0.2, 0) is 13.1 Å². The highest BCUT2D eigenvalue weighted by Gasteiger charge is 2.29. The lowest BCUT2D eigenvalue weighted by Gasteiger charge is -2.28. The lowest BCUT2D eigenvalue weighted by atomic mass is 9.78. The van der Waals surface area contributed by atoms with Crippen LogP contribution in [0.25, 0.3) is 5.69 Å². The molecule has 2 aliphatic rings. The van der Waals surface area contributed by atoms with E-state index in [1.807, 2.05) is 0 Å². The zero-order chi connectivity index (χ0) is 17.3. The summed E-state index contributed by atoms with van der Waals surface area (Å²) in [7, 11) is 0. The summed E-state index contributed by atoms with van der Waals surface area (Å²) >= 11 is 0. The molecule has 1 aliphatic heterocycles. The maximum Gasteiger partial charge on any atom is 0.151 e. The van der Waals surface area contributed by atoms with E-state index in [9.17, 15) is 0 Å². The van der Waals surface area contributed by atoms with Crippen LogP contribution >= 0.6 is 0 Å². The van der Waals surface area contributed by atoms with Gasteiger partial charge in [-0.05, 0) is 48.8 Å². The van der Waals surface area contributed by atoms with Gasteiger partial charge in [-0.2, -0.15) is 0 Å². The molecule has 3 aromatic rings. The van der Waals surface area contributed by atoms with E-state index >= 15 is 0 Å². The minimum Gasteiger partial charge on any atom is -0.306 e. The molecule has 132 valence electrons. The smallest absolute Gasteiger partial charge is 0.151 e. The molecule has 26 heavy (non-hydrogen) atoms. The number of rotatable bonds is 2. The quantitative estimate of drug-likeness (QED) is 0.753. The van der Waals surface area contributed by atoms with Crippen molar-refractivity contribution in [3.8, 4) is 5.69 Å². The van der Waals surface area contributed by atoms with E-state index in [0.717, 1.165) is 24.7 Å². The number of fused-ring (bicyclic) bond motifs is 3. The number of nitrogens with zero attached hydrogens (tertiary/aromatic N) is 3. The molecule has 1 aromatic heterocycles. The van der Waals surface area contributed by atoms with Crippen LogP contribution in [0.2, 0.25) is 0 Å². The molecular weight excluding hydrogens is 320 g/mol. The number of hydrogen-bond donors (Lipinski definition) is 1.